The second-order valence-electron chi connectivity index (χ2n) is 15.7. The predicted molar refractivity (Wildman–Crippen MR) is 227 cm³/mol. The van der Waals surface area contributed by atoms with E-state index >= 15 is 0 Å². The Morgan fingerprint density at radius 1 is 0.589 bits per heavy atom. The summed E-state index contributed by atoms with van der Waals surface area (Å²) in [6.07, 6.45) is 13.2. The molecule has 3 aromatic heterocycles. The molecule has 0 saturated heterocycles. The van der Waals surface area contributed by atoms with E-state index in [1.807, 2.05) is 0 Å². The van der Waals surface area contributed by atoms with Gasteiger partial charge in [-0.2, -0.15) is 0 Å². The SMILES string of the molecule is C1=CC2=Cc3c(c4[nH]c3=NC3=NC(=Nc5[nH]c(c6cc7ccccc7cc56)Nc5[nH]c(c6cc7ccccc7cc56)N=4)C4=Cc5ccccc5CC43)CC2CC1. The van der Waals surface area contributed by atoms with Crippen molar-refractivity contribution in [2.75, 3.05) is 5.32 Å². The minimum atomic E-state index is -0.0281. The smallest absolute Gasteiger partial charge is 0.160 e. The summed E-state index contributed by atoms with van der Waals surface area (Å²) in [5, 5.41) is 12.6. The topological polar surface area (TPSA) is 109 Å². The molecule has 0 fully saturated rings. The highest BCUT2D eigenvalue weighted by Gasteiger charge is 2.35. The number of aromatic nitrogens is 3. The van der Waals surface area contributed by atoms with E-state index in [4.69, 9.17) is 20.0 Å². The molecule has 2 atom stereocenters. The van der Waals surface area contributed by atoms with Crippen LogP contribution in [0.25, 0.3) is 55.2 Å². The summed E-state index contributed by atoms with van der Waals surface area (Å²) in [6.45, 7) is 0. The van der Waals surface area contributed by atoms with Crippen LogP contribution >= 0.6 is 0 Å². The van der Waals surface area contributed by atoms with Crippen LogP contribution < -0.4 is 16.3 Å². The lowest BCUT2D eigenvalue weighted by molar-refractivity contribution is 0.555. The number of hydrogen-bond donors (Lipinski definition) is 4. The van der Waals surface area contributed by atoms with Gasteiger partial charge >= 0.3 is 0 Å². The van der Waals surface area contributed by atoms with Gasteiger partial charge in [0.05, 0.1) is 5.92 Å². The fraction of sp³-hybridized carbons (Fsp3) is 0.125. The van der Waals surface area contributed by atoms with Gasteiger partial charge < -0.3 is 20.3 Å². The van der Waals surface area contributed by atoms with E-state index in [-0.39, 0.29) is 5.92 Å². The number of hydrogen-bond acceptors (Lipinski definition) is 5. The molecule has 8 aromatic rings. The van der Waals surface area contributed by atoms with E-state index in [2.05, 4.69) is 142 Å². The number of H-pyrrole nitrogens is 3. The zero-order valence-corrected chi connectivity index (χ0v) is 30.3. The zero-order chi connectivity index (χ0) is 36.5. The van der Waals surface area contributed by atoms with Gasteiger partial charge in [0, 0.05) is 38.2 Å². The number of benzene rings is 5. The van der Waals surface area contributed by atoms with Crippen LogP contribution in [0.5, 0.6) is 0 Å². The molecule has 0 spiro atoms. The Kier molecular flexibility index (Phi) is 6.08. The van der Waals surface area contributed by atoms with E-state index in [1.165, 1.54) is 33.0 Å². The van der Waals surface area contributed by atoms with Crippen molar-refractivity contribution in [3.05, 3.63) is 154 Å². The van der Waals surface area contributed by atoms with Crippen molar-refractivity contribution in [3.8, 4) is 0 Å². The summed E-state index contributed by atoms with van der Waals surface area (Å²) in [7, 11) is 0. The first-order chi connectivity index (χ1) is 27.7. The Morgan fingerprint density at radius 3 is 1.98 bits per heavy atom. The molecule has 2 unspecified atom stereocenters. The van der Waals surface area contributed by atoms with Gasteiger partial charge in [-0.05, 0) is 106 Å². The van der Waals surface area contributed by atoms with Gasteiger partial charge in [-0.3, -0.25) is 0 Å². The lowest BCUT2D eigenvalue weighted by Gasteiger charge is -2.25. The molecule has 5 aliphatic rings. The summed E-state index contributed by atoms with van der Waals surface area (Å²) in [5.41, 5.74) is 8.91. The van der Waals surface area contributed by atoms with Gasteiger partial charge in [0.25, 0.3) is 0 Å². The van der Waals surface area contributed by atoms with Crippen molar-refractivity contribution in [3.63, 3.8) is 0 Å². The monoisotopic (exact) mass is 722 g/mol. The number of amidine groups is 2. The maximum Gasteiger partial charge on any atom is 0.160 e. The molecule has 0 saturated carbocycles. The maximum absolute atomic E-state index is 5.47. The maximum atomic E-state index is 5.47. The highest BCUT2D eigenvalue weighted by molar-refractivity contribution is 6.21. The Hall–Kier alpha value is -7.06. The zero-order valence-electron chi connectivity index (χ0n) is 30.3. The first-order valence-electron chi connectivity index (χ1n) is 19.6. The van der Waals surface area contributed by atoms with Gasteiger partial charge in [-0.25, -0.2) is 20.0 Å². The van der Waals surface area contributed by atoms with E-state index in [9.17, 15) is 0 Å². The van der Waals surface area contributed by atoms with Gasteiger partial charge in [0.1, 0.15) is 40.1 Å². The van der Waals surface area contributed by atoms with Crippen molar-refractivity contribution in [2.45, 2.75) is 25.7 Å². The number of fused-ring (bicyclic) bond motifs is 23. The van der Waals surface area contributed by atoms with E-state index in [0.717, 1.165) is 109 Å². The van der Waals surface area contributed by atoms with Crippen molar-refractivity contribution in [1.82, 2.24) is 15.0 Å². The molecule has 2 aliphatic heterocycles. The summed E-state index contributed by atoms with van der Waals surface area (Å²) in [5.74, 6) is 5.16. The van der Waals surface area contributed by atoms with Crippen molar-refractivity contribution >= 4 is 90.2 Å². The summed E-state index contributed by atoms with van der Waals surface area (Å²) >= 11 is 0. The molecule has 8 heteroatoms. The van der Waals surface area contributed by atoms with Gasteiger partial charge in [-0.1, -0.05) is 84.9 Å². The van der Waals surface area contributed by atoms with E-state index in [0.29, 0.717) is 11.8 Å². The molecule has 8 nitrogen and oxygen atoms in total. The van der Waals surface area contributed by atoms with Crippen LogP contribution in [-0.4, -0.2) is 26.6 Å². The summed E-state index contributed by atoms with van der Waals surface area (Å²) < 4.78 is 0. The Morgan fingerprint density at radius 2 is 1.25 bits per heavy atom. The molecule has 8 bridgehead atoms. The number of rotatable bonds is 0. The van der Waals surface area contributed by atoms with Gasteiger partial charge in [-0.15, -0.1) is 0 Å². The molecular weight excluding hydrogens is 689 g/mol. The van der Waals surface area contributed by atoms with Gasteiger partial charge in [0.15, 0.2) is 5.84 Å². The van der Waals surface area contributed by atoms with Crippen LogP contribution in [-0.2, 0) is 12.8 Å². The van der Waals surface area contributed by atoms with Crippen molar-refractivity contribution in [2.24, 2.45) is 31.8 Å². The fourth-order valence-electron chi connectivity index (χ4n) is 9.67. The van der Waals surface area contributed by atoms with Crippen molar-refractivity contribution < 1.29 is 0 Å². The molecule has 5 heterocycles. The van der Waals surface area contributed by atoms with Crippen LogP contribution in [0, 0.1) is 11.8 Å². The number of anilines is 2. The number of nitrogens with zero attached hydrogens (tertiary/aromatic N) is 4. The lowest BCUT2D eigenvalue weighted by Crippen LogP contribution is -2.22. The number of aliphatic imine (C=N–C) groups is 2. The average molecular weight is 723 g/mol. The van der Waals surface area contributed by atoms with Crippen LogP contribution in [0.15, 0.2) is 140 Å². The number of allylic oxidation sites excluding steroid dienone is 3. The molecule has 3 aliphatic carbocycles. The fourth-order valence-corrected chi connectivity index (χ4v) is 9.67. The van der Waals surface area contributed by atoms with Gasteiger partial charge in [0.2, 0.25) is 0 Å². The van der Waals surface area contributed by atoms with E-state index in [1.54, 1.807) is 0 Å². The first-order valence-corrected chi connectivity index (χ1v) is 19.6. The van der Waals surface area contributed by atoms with Crippen LogP contribution in [0.3, 0.4) is 0 Å². The number of aromatic amines is 3. The molecule has 266 valence electrons. The minimum absolute atomic E-state index is 0.0281. The molecule has 5 aromatic carbocycles. The molecule has 13 rings (SSSR count). The Balaban J connectivity index is 1.14. The highest BCUT2D eigenvalue weighted by Crippen LogP contribution is 2.43. The highest BCUT2D eigenvalue weighted by atomic mass is 15.1. The summed E-state index contributed by atoms with van der Waals surface area (Å²) in [4.78, 5) is 32.8. The molecule has 0 amide bonds. The predicted octanol–water partition coefficient (Wildman–Crippen LogP) is 10.2. The van der Waals surface area contributed by atoms with Crippen molar-refractivity contribution in [1.29, 1.82) is 0 Å². The Labute approximate surface area is 320 Å². The summed E-state index contributed by atoms with van der Waals surface area (Å²) in [6, 6.07) is 34.6. The number of nitrogens with one attached hydrogen (secondary N) is 4. The normalized spacial score (nSPS) is 19.2. The minimum Gasteiger partial charge on any atom is -0.327 e. The molecule has 0 radical (unpaired) electrons. The Bertz CT molecular complexity index is 3360. The van der Waals surface area contributed by atoms with Crippen LogP contribution in [0.2, 0.25) is 0 Å². The quantitative estimate of drug-likeness (QED) is 0.123. The van der Waals surface area contributed by atoms with E-state index < -0.39 is 0 Å². The molecular formula is C48H34N8. The van der Waals surface area contributed by atoms with Crippen LogP contribution in [0.1, 0.15) is 35.1 Å². The van der Waals surface area contributed by atoms with Crippen LogP contribution in [0.4, 0.5) is 23.3 Å². The second kappa shape index (κ2) is 11.2. The third-order valence-electron chi connectivity index (χ3n) is 12.5. The first kappa shape index (κ1) is 30.3. The third kappa shape index (κ3) is 4.47. The average Bonchev–Trinajstić information content (AvgIpc) is 3.95. The lowest BCUT2D eigenvalue weighted by atomic mass is 9.79. The third-order valence-corrected chi connectivity index (χ3v) is 12.5. The second-order valence-corrected chi connectivity index (χ2v) is 15.7. The standard InChI is InChI=1S/C48H34N8/c1-2-10-26-18-34-33(17-25(26)9-1)41-49-42(34)54-44-37-21-29-13-5-6-14-30(29)22-38(37)46(51-44)56-48-40-24-32-16-8-7-15-31(32)23-39(40)47(52-48)55-45-36-20-28-12-4-3-11-27(28)19-35(36)43(50-45)53-41/h1-7,9-15,17-19,21-23,32,36,49,51,54H,8,16,20,24H2,(H,50,52,53,55,56). The largest absolute Gasteiger partial charge is 0.327 e. The molecule has 4 N–H and O–H groups in total. The molecule has 56 heavy (non-hydrogen) atoms.